The molecule has 0 aromatic heterocycles. The molecule has 0 bridgehead atoms. The standard InChI is InChI=1S/C10H15F2N/c1-7(10(2,11)12)8-5-4-6-9(8)13-3/h4-6H2,1-3H3/b8-7+,13-9?. The van der Waals surface area contributed by atoms with Gasteiger partial charge in [0, 0.05) is 19.7 Å². The summed E-state index contributed by atoms with van der Waals surface area (Å²) in [5.41, 5.74) is 1.82. The van der Waals surface area contributed by atoms with Crippen molar-refractivity contribution in [2.24, 2.45) is 4.99 Å². The lowest BCUT2D eigenvalue weighted by molar-refractivity contribution is 0.0627. The van der Waals surface area contributed by atoms with E-state index in [-0.39, 0.29) is 5.57 Å². The molecule has 0 spiro atoms. The van der Waals surface area contributed by atoms with E-state index in [4.69, 9.17) is 0 Å². The predicted molar refractivity (Wildman–Crippen MR) is 50.5 cm³/mol. The molecule has 3 heteroatoms. The molecule has 0 radical (unpaired) electrons. The maximum Gasteiger partial charge on any atom is 0.266 e. The van der Waals surface area contributed by atoms with Gasteiger partial charge in [0.25, 0.3) is 5.92 Å². The second-order valence-electron chi connectivity index (χ2n) is 3.52. The Bertz CT molecular complexity index is 259. The van der Waals surface area contributed by atoms with E-state index in [1.54, 1.807) is 7.05 Å². The monoisotopic (exact) mass is 187 g/mol. The molecule has 1 fully saturated rings. The van der Waals surface area contributed by atoms with Gasteiger partial charge in [0.1, 0.15) is 0 Å². The summed E-state index contributed by atoms with van der Waals surface area (Å²) in [6.45, 7) is 2.45. The predicted octanol–water partition coefficient (Wildman–Crippen LogP) is 3.21. The third-order valence-electron chi connectivity index (χ3n) is 2.57. The van der Waals surface area contributed by atoms with Gasteiger partial charge in [0.2, 0.25) is 0 Å². The Morgan fingerprint density at radius 1 is 1.38 bits per heavy atom. The summed E-state index contributed by atoms with van der Waals surface area (Å²) in [5, 5.41) is 0. The molecule has 13 heavy (non-hydrogen) atoms. The van der Waals surface area contributed by atoms with Gasteiger partial charge in [-0.25, -0.2) is 8.78 Å². The van der Waals surface area contributed by atoms with Gasteiger partial charge < -0.3 is 0 Å². The van der Waals surface area contributed by atoms with Gasteiger partial charge in [-0.1, -0.05) is 0 Å². The molecule has 0 atom stereocenters. The molecule has 1 aliphatic rings. The van der Waals surface area contributed by atoms with E-state index in [9.17, 15) is 8.78 Å². The Kier molecular flexibility index (Phi) is 2.84. The normalized spacial score (nSPS) is 25.5. The fraction of sp³-hybridized carbons (Fsp3) is 0.700. The van der Waals surface area contributed by atoms with Crippen molar-refractivity contribution in [3.8, 4) is 0 Å². The molecule has 0 N–H and O–H groups in total. The highest BCUT2D eigenvalue weighted by molar-refractivity contribution is 6.02. The highest BCUT2D eigenvalue weighted by atomic mass is 19.3. The first-order chi connectivity index (χ1) is 5.96. The molecule has 1 nitrogen and oxygen atoms in total. The number of rotatable bonds is 1. The van der Waals surface area contributed by atoms with Crippen molar-refractivity contribution in [3.05, 3.63) is 11.1 Å². The van der Waals surface area contributed by atoms with Crippen LogP contribution in [-0.2, 0) is 0 Å². The fourth-order valence-electron chi connectivity index (χ4n) is 1.64. The number of halogens is 2. The number of allylic oxidation sites excluding steroid dienone is 2. The Balaban J connectivity index is 3.04. The molecule has 0 aromatic carbocycles. The number of aliphatic imine (C=N–C) groups is 1. The van der Waals surface area contributed by atoms with Crippen molar-refractivity contribution in [2.45, 2.75) is 39.0 Å². The zero-order valence-corrected chi connectivity index (χ0v) is 8.32. The first kappa shape index (κ1) is 10.4. The highest BCUT2D eigenvalue weighted by Gasteiger charge is 2.29. The zero-order valence-electron chi connectivity index (χ0n) is 8.32. The first-order valence-electron chi connectivity index (χ1n) is 4.51. The number of hydrogen-bond donors (Lipinski definition) is 0. The van der Waals surface area contributed by atoms with E-state index < -0.39 is 5.92 Å². The fourth-order valence-corrected chi connectivity index (χ4v) is 1.64. The Labute approximate surface area is 77.6 Å². The number of alkyl halides is 2. The molecule has 1 saturated carbocycles. The van der Waals surface area contributed by atoms with Crippen LogP contribution in [0.4, 0.5) is 8.78 Å². The topological polar surface area (TPSA) is 12.4 Å². The highest BCUT2D eigenvalue weighted by Crippen LogP contribution is 2.32. The SMILES string of the molecule is CN=C1CCC/C1=C(/C)C(C)(F)F. The minimum Gasteiger partial charge on any atom is -0.293 e. The molecule has 0 unspecified atom stereocenters. The van der Waals surface area contributed by atoms with Gasteiger partial charge in [-0.15, -0.1) is 0 Å². The summed E-state index contributed by atoms with van der Waals surface area (Å²) in [7, 11) is 1.67. The van der Waals surface area contributed by atoms with Crippen molar-refractivity contribution >= 4 is 5.71 Å². The average Bonchev–Trinajstić information content (AvgIpc) is 2.48. The smallest absolute Gasteiger partial charge is 0.266 e. The van der Waals surface area contributed by atoms with Crippen molar-refractivity contribution < 1.29 is 8.78 Å². The van der Waals surface area contributed by atoms with Crippen LogP contribution in [0.25, 0.3) is 0 Å². The second-order valence-corrected chi connectivity index (χ2v) is 3.52. The second kappa shape index (κ2) is 3.56. The Morgan fingerprint density at radius 2 is 2.00 bits per heavy atom. The lowest BCUT2D eigenvalue weighted by Crippen LogP contribution is -2.15. The first-order valence-corrected chi connectivity index (χ1v) is 4.51. The van der Waals surface area contributed by atoms with Crippen molar-refractivity contribution in [3.63, 3.8) is 0 Å². The zero-order chi connectivity index (χ0) is 10.1. The van der Waals surface area contributed by atoms with E-state index in [0.29, 0.717) is 0 Å². The van der Waals surface area contributed by atoms with Gasteiger partial charge in [0.15, 0.2) is 0 Å². The van der Waals surface area contributed by atoms with Crippen LogP contribution in [0.5, 0.6) is 0 Å². The van der Waals surface area contributed by atoms with Gasteiger partial charge in [0.05, 0.1) is 0 Å². The van der Waals surface area contributed by atoms with Crippen LogP contribution in [0.15, 0.2) is 16.1 Å². The third kappa shape index (κ3) is 2.14. The van der Waals surface area contributed by atoms with E-state index in [1.165, 1.54) is 6.92 Å². The summed E-state index contributed by atoms with van der Waals surface area (Å²) < 4.78 is 25.9. The summed E-state index contributed by atoms with van der Waals surface area (Å²) in [5.74, 6) is -2.70. The van der Waals surface area contributed by atoms with Crippen molar-refractivity contribution in [1.29, 1.82) is 0 Å². The largest absolute Gasteiger partial charge is 0.293 e. The van der Waals surface area contributed by atoms with Gasteiger partial charge >= 0.3 is 0 Å². The molecule has 1 rings (SSSR count). The van der Waals surface area contributed by atoms with Crippen LogP contribution in [0.3, 0.4) is 0 Å². The van der Waals surface area contributed by atoms with E-state index in [2.05, 4.69) is 4.99 Å². The average molecular weight is 187 g/mol. The van der Waals surface area contributed by atoms with Crippen LogP contribution in [-0.4, -0.2) is 18.7 Å². The minimum atomic E-state index is -2.70. The van der Waals surface area contributed by atoms with E-state index in [1.807, 2.05) is 0 Å². The van der Waals surface area contributed by atoms with Gasteiger partial charge in [-0.2, -0.15) is 0 Å². The number of nitrogens with zero attached hydrogens (tertiary/aromatic N) is 1. The quantitative estimate of drug-likeness (QED) is 0.597. The molecule has 0 amide bonds. The van der Waals surface area contributed by atoms with Crippen molar-refractivity contribution in [2.75, 3.05) is 7.05 Å². The Morgan fingerprint density at radius 3 is 2.46 bits per heavy atom. The lowest BCUT2D eigenvalue weighted by Gasteiger charge is -2.14. The maximum absolute atomic E-state index is 13.0. The summed E-state index contributed by atoms with van der Waals surface area (Å²) in [6, 6.07) is 0. The summed E-state index contributed by atoms with van der Waals surface area (Å²) in [4.78, 5) is 4.03. The van der Waals surface area contributed by atoms with Crippen LogP contribution in [0.1, 0.15) is 33.1 Å². The third-order valence-corrected chi connectivity index (χ3v) is 2.57. The molecular weight excluding hydrogens is 172 g/mol. The molecule has 74 valence electrons. The van der Waals surface area contributed by atoms with Crippen LogP contribution >= 0.6 is 0 Å². The molecule has 1 aliphatic carbocycles. The molecule has 0 aromatic rings. The lowest BCUT2D eigenvalue weighted by atomic mass is 10.0. The van der Waals surface area contributed by atoms with Crippen LogP contribution < -0.4 is 0 Å². The van der Waals surface area contributed by atoms with E-state index in [0.717, 1.165) is 37.5 Å². The maximum atomic E-state index is 13.0. The molecule has 0 aliphatic heterocycles. The molecule has 0 heterocycles. The van der Waals surface area contributed by atoms with Gasteiger partial charge in [-0.3, -0.25) is 4.99 Å². The van der Waals surface area contributed by atoms with E-state index >= 15 is 0 Å². The summed E-state index contributed by atoms with van der Waals surface area (Å²) in [6.07, 6.45) is 2.55. The molecular formula is C10H15F2N. The van der Waals surface area contributed by atoms with Crippen LogP contribution in [0, 0.1) is 0 Å². The van der Waals surface area contributed by atoms with Gasteiger partial charge in [-0.05, 0) is 37.3 Å². The molecule has 0 saturated heterocycles. The minimum absolute atomic E-state index is 0.186. The summed E-state index contributed by atoms with van der Waals surface area (Å²) >= 11 is 0. The Hall–Kier alpha value is -0.730. The van der Waals surface area contributed by atoms with Crippen molar-refractivity contribution in [1.82, 2.24) is 0 Å². The van der Waals surface area contributed by atoms with Crippen LogP contribution in [0.2, 0.25) is 0 Å². The number of hydrogen-bond acceptors (Lipinski definition) is 1.